The van der Waals surface area contributed by atoms with Gasteiger partial charge in [-0.1, -0.05) is 48.5 Å². The van der Waals surface area contributed by atoms with Crippen LogP contribution in [-0.2, 0) is 21.2 Å². The Kier molecular flexibility index (Phi) is 6.09. The van der Waals surface area contributed by atoms with E-state index in [1.807, 2.05) is 24.3 Å². The lowest BCUT2D eigenvalue weighted by Gasteiger charge is -2.13. The molecule has 3 aromatic rings. The Morgan fingerprint density at radius 1 is 1.17 bits per heavy atom. The van der Waals surface area contributed by atoms with E-state index in [-0.39, 0.29) is 5.88 Å². The van der Waals surface area contributed by atoms with Crippen molar-refractivity contribution >= 4 is 21.8 Å². The van der Waals surface area contributed by atoms with Gasteiger partial charge in [0.1, 0.15) is 16.4 Å². The SMILES string of the molecule is CCc1ccc(-c2cc(NC(=O)[C@H](C)NS(=O)(=O)c3ccccc3F)on2)cc1. The summed E-state index contributed by atoms with van der Waals surface area (Å²) in [6.45, 7) is 3.40. The van der Waals surface area contributed by atoms with Gasteiger partial charge in [-0.3, -0.25) is 10.1 Å². The Bertz CT molecular complexity index is 1110. The second kappa shape index (κ2) is 8.54. The molecule has 1 atom stereocenters. The first kappa shape index (κ1) is 20.7. The van der Waals surface area contributed by atoms with Gasteiger partial charge in [-0.05, 0) is 31.0 Å². The predicted molar refractivity (Wildman–Crippen MR) is 106 cm³/mol. The van der Waals surface area contributed by atoms with Gasteiger partial charge in [0.25, 0.3) is 0 Å². The zero-order valence-electron chi connectivity index (χ0n) is 15.8. The van der Waals surface area contributed by atoms with Gasteiger partial charge in [0.15, 0.2) is 0 Å². The number of benzene rings is 2. The van der Waals surface area contributed by atoms with Gasteiger partial charge >= 0.3 is 0 Å². The third-order valence-electron chi connectivity index (χ3n) is 4.27. The van der Waals surface area contributed by atoms with Crippen LogP contribution in [0.1, 0.15) is 19.4 Å². The Labute approximate surface area is 168 Å². The fourth-order valence-corrected chi connectivity index (χ4v) is 3.91. The number of nitrogens with zero attached hydrogens (tertiary/aromatic N) is 1. The van der Waals surface area contributed by atoms with Gasteiger partial charge < -0.3 is 4.52 Å². The highest BCUT2D eigenvalue weighted by Crippen LogP contribution is 2.22. The molecular formula is C20H20FN3O4S. The number of amides is 1. The number of sulfonamides is 1. The molecule has 2 aromatic carbocycles. The highest BCUT2D eigenvalue weighted by molar-refractivity contribution is 7.89. The van der Waals surface area contributed by atoms with Crippen LogP contribution in [0.4, 0.5) is 10.3 Å². The van der Waals surface area contributed by atoms with Gasteiger partial charge in [0, 0.05) is 11.6 Å². The van der Waals surface area contributed by atoms with Crippen molar-refractivity contribution in [2.24, 2.45) is 0 Å². The monoisotopic (exact) mass is 417 g/mol. The van der Waals surface area contributed by atoms with Crippen molar-refractivity contribution in [3.05, 3.63) is 66.0 Å². The summed E-state index contributed by atoms with van der Waals surface area (Å²) in [5.74, 6) is -1.50. The number of carbonyl (C=O) groups is 1. The van der Waals surface area contributed by atoms with Crippen LogP contribution in [0.2, 0.25) is 0 Å². The van der Waals surface area contributed by atoms with E-state index < -0.39 is 32.7 Å². The van der Waals surface area contributed by atoms with Crippen molar-refractivity contribution in [3.63, 3.8) is 0 Å². The molecule has 0 spiro atoms. The molecule has 9 heteroatoms. The van der Waals surface area contributed by atoms with E-state index in [1.54, 1.807) is 0 Å². The molecule has 0 saturated carbocycles. The van der Waals surface area contributed by atoms with Gasteiger partial charge in [0.2, 0.25) is 21.8 Å². The second-order valence-corrected chi connectivity index (χ2v) is 8.07. The van der Waals surface area contributed by atoms with Crippen molar-refractivity contribution in [1.29, 1.82) is 0 Å². The number of hydrogen-bond donors (Lipinski definition) is 2. The Balaban J connectivity index is 1.67. The maximum Gasteiger partial charge on any atom is 0.244 e. The smallest absolute Gasteiger partial charge is 0.244 e. The Morgan fingerprint density at radius 2 is 1.86 bits per heavy atom. The number of carbonyl (C=O) groups excluding carboxylic acids is 1. The minimum Gasteiger partial charge on any atom is -0.338 e. The molecule has 0 aliphatic carbocycles. The molecule has 29 heavy (non-hydrogen) atoms. The number of aryl methyl sites for hydroxylation is 1. The molecular weight excluding hydrogens is 397 g/mol. The minimum atomic E-state index is -4.20. The first-order valence-electron chi connectivity index (χ1n) is 8.94. The number of anilines is 1. The number of halogens is 1. The zero-order chi connectivity index (χ0) is 21.0. The van der Waals surface area contributed by atoms with Crippen LogP contribution in [0.5, 0.6) is 0 Å². The Morgan fingerprint density at radius 3 is 2.52 bits per heavy atom. The average molecular weight is 417 g/mol. The lowest BCUT2D eigenvalue weighted by atomic mass is 10.1. The van der Waals surface area contributed by atoms with Crippen LogP contribution in [0.25, 0.3) is 11.3 Å². The summed E-state index contributed by atoms with van der Waals surface area (Å²) in [6.07, 6.45) is 0.918. The van der Waals surface area contributed by atoms with E-state index >= 15 is 0 Å². The largest absolute Gasteiger partial charge is 0.338 e. The summed E-state index contributed by atoms with van der Waals surface area (Å²) >= 11 is 0. The van der Waals surface area contributed by atoms with Crippen molar-refractivity contribution in [2.75, 3.05) is 5.32 Å². The Hall–Kier alpha value is -3.04. The predicted octanol–water partition coefficient (Wildman–Crippen LogP) is 3.35. The molecule has 2 N–H and O–H groups in total. The molecule has 0 aliphatic heterocycles. The molecule has 7 nitrogen and oxygen atoms in total. The maximum absolute atomic E-state index is 13.8. The van der Waals surface area contributed by atoms with E-state index in [2.05, 4.69) is 22.1 Å². The van der Waals surface area contributed by atoms with Crippen molar-refractivity contribution in [2.45, 2.75) is 31.2 Å². The molecule has 0 radical (unpaired) electrons. The fourth-order valence-electron chi connectivity index (χ4n) is 2.62. The highest BCUT2D eigenvalue weighted by atomic mass is 32.2. The lowest BCUT2D eigenvalue weighted by Crippen LogP contribution is -2.41. The van der Waals surface area contributed by atoms with Crippen molar-refractivity contribution < 1.29 is 22.1 Å². The third kappa shape index (κ3) is 4.87. The van der Waals surface area contributed by atoms with Gasteiger partial charge in [-0.25, -0.2) is 12.8 Å². The summed E-state index contributed by atoms with van der Waals surface area (Å²) in [4.78, 5) is 11.8. The van der Waals surface area contributed by atoms with Crippen LogP contribution in [0.3, 0.4) is 0 Å². The van der Waals surface area contributed by atoms with Gasteiger partial charge in [-0.2, -0.15) is 4.72 Å². The molecule has 0 unspecified atom stereocenters. The molecule has 0 bridgehead atoms. The van der Waals surface area contributed by atoms with E-state index in [0.717, 1.165) is 24.1 Å². The number of aromatic nitrogens is 1. The highest BCUT2D eigenvalue weighted by Gasteiger charge is 2.25. The fraction of sp³-hybridized carbons (Fsp3) is 0.200. The molecule has 1 amide bonds. The van der Waals surface area contributed by atoms with Crippen LogP contribution in [0.15, 0.2) is 64.0 Å². The summed E-state index contributed by atoms with van der Waals surface area (Å²) in [5, 5.41) is 6.36. The van der Waals surface area contributed by atoms with E-state index in [9.17, 15) is 17.6 Å². The first-order chi connectivity index (χ1) is 13.8. The van der Waals surface area contributed by atoms with E-state index in [4.69, 9.17) is 4.52 Å². The van der Waals surface area contributed by atoms with Crippen LogP contribution in [-0.4, -0.2) is 25.5 Å². The topological polar surface area (TPSA) is 101 Å². The first-order valence-corrected chi connectivity index (χ1v) is 10.4. The number of nitrogens with one attached hydrogen (secondary N) is 2. The van der Waals surface area contributed by atoms with Gasteiger partial charge in [-0.15, -0.1) is 0 Å². The van der Waals surface area contributed by atoms with Crippen molar-refractivity contribution in [1.82, 2.24) is 9.88 Å². The third-order valence-corrected chi connectivity index (χ3v) is 5.84. The normalized spacial score (nSPS) is 12.5. The van der Waals surface area contributed by atoms with E-state index in [0.29, 0.717) is 5.69 Å². The van der Waals surface area contributed by atoms with Crippen LogP contribution < -0.4 is 10.0 Å². The van der Waals surface area contributed by atoms with E-state index in [1.165, 1.54) is 30.7 Å². The minimum absolute atomic E-state index is 0.0708. The molecule has 1 aromatic heterocycles. The maximum atomic E-state index is 13.8. The standard InChI is InChI=1S/C20H20FN3O4S/c1-3-14-8-10-15(11-9-14)17-12-19(28-23-17)22-20(25)13(2)24-29(26,27)18-7-5-4-6-16(18)21/h4-13,24H,3H2,1-2H3,(H,22,25)/t13-/m0/s1. The average Bonchev–Trinajstić information content (AvgIpc) is 3.16. The summed E-state index contributed by atoms with van der Waals surface area (Å²) in [7, 11) is -4.20. The summed E-state index contributed by atoms with van der Waals surface area (Å²) in [5.41, 5.74) is 2.53. The molecule has 0 saturated heterocycles. The number of hydrogen-bond acceptors (Lipinski definition) is 5. The van der Waals surface area contributed by atoms with Crippen LogP contribution >= 0.6 is 0 Å². The molecule has 0 fully saturated rings. The van der Waals surface area contributed by atoms with Crippen molar-refractivity contribution in [3.8, 4) is 11.3 Å². The molecule has 152 valence electrons. The molecule has 1 heterocycles. The zero-order valence-corrected chi connectivity index (χ0v) is 16.7. The lowest BCUT2D eigenvalue weighted by molar-refractivity contribution is -0.117. The molecule has 3 rings (SSSR count). The summed E-state index contributed by atoms with van der Waals surface area (Å²) < 4.78 is 45.6. The molecule has 0 aliphatic rings. The van der Waals surface area contributed by atoms with Crippen LogP contribution in [0, 0.1) is 5.82 Å². The van der Waals surface area contributed by atoms with Gasteiger partial charge in [0.05, 0.1) is 6.04 Å². The quantitative estimate of drug-likeness (QED) is 0.614. The second-order valence-electron chi connectivity index (χ2n) is 6.39. The number of rotatable bonds is 7. The summed E-state index contributed by atoms with van der Waals surface area (Å²) in [6, 6.07) is 13.0.